The van der Waals surface area contributed by atoms with Crippen molar-refractivity contribution in [3.05, 3.63) is 0 Å². The van der Waals surface area contributed by atoms with Crippen molar-refractivity contribution in [2.24, 2.45) is 23.7 Å². The lowest BCUT2D eigenvalue weighted by Gasteiger charge is -2.28. The molecule has 0 bridgehead atoms. The van der Waals surface area contributed by atoms with Gasteiger partial charge in [0.05, 0.1) is 23.7 Å². The zero-order valence-corrected chi connectivity index (χ0v) is 11.0. The Kier molecular flexibility index (Phi) is 2.52. The van der Waals surface area contributed by atoms with E-state index in [1.54, 1.807) is 6.92 Å². The SMILES string of the molecule is CCN1C(=O)C2CC3C(=O)N(C)C(=O)C3CC2C1=O. The van der Waals surface area contributed by atoms with Crippen LogP contribution in [0.2, 0.25) is 0 Å². The number of carbonyl (C=O) groups is 4. The molecule has 4 unspecified atom stereocenters. The van der Waals surface area contributed by atoms with Crippen LogP contribution < -0.4 is 0 Å². The molecule has 2 saturated heterocycles. The molecular formula is C13H16N2O4. The fourth-order valence-corrected chi connectivity index (χ4v) is 3.72. The Hall–Kier alpha value is -1.72. The average molecular weight is 264 g/mol. The van der Waals surface area contributed by atoms with Crippen molar-refractivity contribution >= 4 is 23.6 Å². The Balaban J connectivity index is 1.92. The second-order valence-corrected chi connectivity index (χ2v) is 5.55. The zero-order chi connectivity index (χ0) is 13.9. The van der Waals surface area contributed by atoms with Gasteiger partial charge in [-0.05, 0) is 19.8 Å². The molecule has 3 fully saturated rings. The van der Waals surface area contributed by atoms with E-state index in [4.69, 9.17) is 0 Å². The monoisotopic (exact) mass is 264 g/mol. The minimum absolute atomic E-state index is 0.175. The number of fused-ring (bicyclic) bond motifs is 2. The van der Waals surface area contributed by atoms with Crippen LogP contribution in [-0.2, 0) is 19.2 Å². The maximum atomic E-state index is 12.1. The lowest BCUT2D eigenvalue weighted by atomic mass is 9.70. The van der Waals surface area contributed by atoms with Gasteiger partial charge in [-0.1, -0.05) is 0 Å². The third-order valence-corrected chi connectivity index (χ3v) is 4.77. The molecule has 2 aliphatic heterocycles. The summed E-state index contributed by atoms with van der Waals surface area (Å²) in [5.41, 5.74) is 0. The molecule has 0 radical (unpaired) electrons. The fraction of sp³-hybridized carbons (Fsp3) is 0.692. The van der Waals surface area contributed by atoms with E-state index in [0.717, 1.165) is 4.90 Å². The molecule has 19 heavy (non-hydrogen) atoms. The van der Waals surface area contributed by atoms with Crippen LogP contribution in [0.5, 0.6) is 0 Å². The van der Waals surface area contributed by atoms with Crippen molar-refractivity contribution in [1.82, 2.24) is 9.80 Å². The number of rotatable bonds is 1. The van der Waals surface area contributed by atoms with E-state index >= 15 is 0 Å². The van der Waals surface area contributed by atoms with Crippen molar-refractivity contribution < 1.29 is 19.2 Å². The van der Waals surface area contributed by atoms with Crippen molar-refractivity contribution in [3.8, 4) is 0 Å². The molecule has 6 nitrogen and oxygen atoms in total. The number of hydrogen-bond donors (Lipinski definition) is 0. The summed E-state index contributed by atoms with van der Waals surface area (Å²) in [6.07, 6.45) is 0.677. The molecule has 1 aliphatic carbocycles. The van der Waals surface area contributed by atoms with Gasteiger partial charge in [0.2, 0.25) is 23.6 Å². The van der Waals surface area contributed by atoms with Crippen molar-refractivity contribution in [2.45, 2.75) is 19.8 Å². The lowest BCUT2D eigenvalue weighted by molar-refractivity contribution is -0.139. The first-order valence-electron chi connectivity index (χ1n) is 6.64. The summed E-state index contributed by atoms with van der Waals surface area (Å²) >= 11 is 0. The van der Waals surface area contributed by atoms with Gasteiger partial charge in [-0.2, -0.15) is 0 Å². The highest BCUT2D eigenvalue weighted by molar-refractivity contribution is 6.09. The van der Waals surface area contributed by atoms with Gasteiger partial charge in [0, 0.05) is 13.6 Å². The van der Waals surface area contributed by atoms with Crippen LogP contribution in [0.3, 0.4) is 0 Å². The van der Waals surface area contributed by atoms with Crippen molar-refractivity contribution in [1.29, 1.82) is 0 Å². The van der Waals surface area contributed by atoms with Crippen molar-refractivity contribution in [3.63, 3.8) is 0 Å². The lowest BCUT2D eigenvalue weighted by Crippen LogP contribution is -2.35. The molecule has 0 aromatic carbocycles. The molecule has 3 rings (SSSR count). The van der Waals surface area contributed by atoms with Crippen LogP contribution in [0.25, 0.3) is 0 Å². The van der Waals surface area contributed by atoms with E-state index in [9.17, 15) is 19.2 Å². The maximum Gasteiger partial charge on any atom is 0.233 e. The molecule has 0 aromatic heterocycles. The summed E-state index contributed by atoms with van der Waals surface area (Å²) in [6.45, 7) is 2.12. The first-order valence-corrected chi connectivity index (χ1v) is 6.64. The quantitative estimate of drug-likeness (QED) is 0.606. The maximum absolute atomic E-state index is 12.1. The van der Waals surface area contributed by atoms with E-state index in [1.807, 2.05) is 0 Å². The van der Waals surface area contributed by atoms with Gasteiger partial charge >= 0.3 is 0 Å². The Morgan fingerprint density at radius 1 is 0.842 bits per heavy atom. The Morgan fingerprint density at radius 2 is 1.21 bits per heavy atom. The smallest absolute Gasteiger partial charge is 0.233 e. The summed E-state index contributed by atoms with van der Waals surface area (Å²) in [5, 5.41) is 0. The first kappa shape index (κ1) is 12.3. The molecule has 3 aliphatic rings. The Labute approximate surface area is 110 Å². The summed E-state index contributed by atoms with van der Waals surface area (Å²) in [4.78, 5) is 50.6. The molecule has 4 atom stereocenters. The minimum atomic E-state index is -0.410. The van der Waals surface area contributed by atoms with Gasteiger partial charge in [-0.25, -0.2) is 0 Å². The average Bonchev–Trinajstić information content (AvgIpc) is 2.77. The topological polar surface area (TPSA) is 74.8 Å². The van der Waals surface area contributed by atoms with Crippen LogP contribution in [0.4, 0.5) is 0 Å². The predicted octanol–water partition coefficient (Wildman–Crippen LogP) is -0.368. The largest absolute Gasteiger partial charge is 0.285 e. The van der Waals surface area contributed by atoms with Gasteiger partial charge < -0.3 is 0 Å². The van der Waals surface area contributed by atoms with E-state index in [0.29, 0.717) is 19.4 Å². The fourth-order valence-electron chi connectivity index (χ4n) is 3.72. The van der Waals surface area contributed by atoms with Gasteiger partial charge in [0.1, 0.15) is 0 Å². The third-order valence-electron chi connectivity index (χ3n) is 4.77. The van der Waals surface area contributed by atoms with Gasteiger partial charge in [0.25, 0.3) is 0 Å². The number of nitrogens with zero attached hydrogens (tertiary/aromatic N) is 2. The summed E-state index contributed by atoms with van der Waals surface area (Å²) in [6, 6.07) is 0. The van der Waals surface area contributed by atoms with Crippen molar-refractivity contribution in [2.75, 3.05) is 13.6 Å². The van der Waals surface area contributed by atoms with Crippen LogP contribution >= 0.6 is 0 Å². The molecule has 2 heterocycles. The number of carbonyl (C=O) groups excluding carboxylic acids is 4. The summed E-state index contributed by atoms with van der Waals surface area (Å²) < 4.78 is 0. The summed E-state index contributed by atoms with van der Waals surface area (Å²) in [5.74, 6) is -2.39. The van der Waals surface area contributed by atoms with E-state index in [-0.39, 0.29) is 23.6 Å². The molecule has 1 saturated carbocycles. The first-order chi connectivity index (χ1) is 8.97. The van der Waals surface area contributed by atoms with Crippen LogP contribution in [0, 0.1) is 23.7 Å². The normalized spacial score (nSPS) is 38.0. The zero-order valence-electron chi connectivity index (χ0n) is 11.0. The molecule has 102 valence electrons. The van der Waals surface area contributed by atoms with Crippen LogP contribution in [0.15, 0.2) is 0 Å². The highest BCUT2D eigenvalue weighted by Gasteiger charge is 2.58. The third kappa shape index (κ3) is 1.42. The van der Waals surface area contributed by atoms with Gasteiger partial charge in [-0.15, -0.1) is 0 Å². The second kappa shape index (κ2) is 3.88. The summed E-state index contributed by atoms with van der Waals surface area (Å²) in [7, 11) is 1.47. The predicted molar refractivity (Wildman–Crippen MR) is 63.4 cm³/mol. The highest BCUT2D eigenvalue weighted by atomic mass is 16.2. The van der Waals surface area contributed by atoms with E-state index in [1.165, 1.54) is 11.9 Å². The number of likely N-dealkylation sites (tertiary alicyclic amines) is 2. The highest BCUT2D eigenvalue weighted by Crippen LogP contribution is 2.47. The molecule has 4 amide bonds. The van der Waals surface area contributed by atoms with Crippen LogP contribution in [0.1, 0.15) is 19.8 Å². The molecule has 0 spiro atoms. The van der Waals surface area contributed by atoms with Crippen LogP contribution in [-0.4, -0.2) is 47.0 Å². The molecular weight excluding hydrogens is 248 g/mol. The standard InChI is InChI=1S/C13H16N2O4/c1-3-15-12(18)8-4-6-7(5-9(8)13(15)19)11(17)14(2)10(6)16/h6-9H,3-5H2,1-2H3. The molecule has 0 N–H and O–H groups in total. The second-order valence-electron chi connectivity index (χ2n) is 5.55. The van der Waals surface area contributed by atoms with Gasteiger partial charge in [0.15, 0.2) is 0 Å². The number of imide groups is 2. The molecule has 0 aromatic rings. The Bertz CT molecular complexity index is 459. The number of amides is 4. The number of hydrogen-bond acceptors (Lipinski definition) is 4. The van der Waals surface area contributed by atoms with Gasteiger partial charge in [-0.3, -0.25) is 29.0 Å². The minimum Gasteiger partial charge on any atom is -0.285 e. The van der Waals surface area contributed by atoms with E-state index < -0.39 is 23.7 Å². The van der Waals surface area contributed by atoms with E-state index in [2.05, 4.69) is 0 Å². The Morgan fingerprint density at radius 3 is 1.58 bits per heavy atom. The molecule has 6 heteroatoms.